The van der Waals surface area contributed by atoms with Crippen molar-refractivity contribution in [3.05, 3.63) is 53.9 Å². The van der Waals surface area contributed by atoms with Gasteiger partial charge in [-0.3, -0.25) is 4.79 Å². The molecular weight excluding hydrogens is 280 g/mol. The number of halogens is 2. The molecule has 0 fully saturated rings. The Labute approximate surface area is 119 Å². The minimum absolute atomic E-state index is 0.0697. The maximum atomic E-state index is 12.0. The predicted octanol–water partition coefficient (Wildman–Crippen LogP) is 2.20. The molecule has 5 nitrogen and oxygen atoms in total. The van der Waals surface area contributed by atoms with E-state index in [4.69, 9.17) is 5.73 Å². The zero-order chi connectivity index (χ0) is 15.2. The van der Waals surface area contributed by atoms with E-state index in [2.05, 4.69) is 15.0 Å². The number of alkyl halides is 2. The lowest BCUT2D eigenvalue weighted by molar-refractivity contribution is -0.0498. The van der Waals surface area contributed by atoms with Crippen LogP contribution >= 0.6 is 0 Å². The first-order valence-corrected chi connectivity index (χ1v) is 6.08. The number of aromatic nitrogens is 1. The quantitative estimate of drug-likeness (QED) is 0.886. The van der Waals surface area contributed by atoms with Gasteiger partial charge in [-0.25, -0.2) is 4.98 Å². The fourth-order valence-electron chi connectivity index (χ4n) is 1.60. The van der Waals surface area contributed by atoms with Gasteiger partial charge in [0.25, 0.3) is 5.91 Å². The van der Waals surface area contributed by atoms with Crippen molar-refractivity contribution < 1.29 is 18.3 Å². The predicted molar refractivity (Wildman–Crippen MR) is 72.9 cm³/mol. The van der Waals surface area contributed by atoms with E-state index in [1.807, 2.05) is 0 Å². The van der Waals surface area contributed by atoms with Crippen LogP contribution in [-0.4, -0.2) is 17.5 Å². The van der Waals surface area contributed by atoms with Crippen LogP contribution < -0.4 is 15.8 Å². The van der Waals surface area contributed by atoms with Gasteiger partial charge in [-0.2, -0.15) is 8.78 Å². The van der Waals surface area contributed by atoms with E-state index in [-0.39, 0.29) is 23.9 Å². The molecule has 0 unspecified atom stereocenters. The Morgan fingerprint density at radius 1 is 1.24 bits per heavy atom. The van der Waals surface area contributed by atoms with E-state index in [1.165, 1.54) is 24.4 Å². The van der Waals surface area contributed by atoms with Gasteiger partial charge < -0.3 is 15.8 Å². The molecule has 0 aliphatic rings. The summed E-state index contributed by atoms with van der Waals surface area (Å²) in [5, 5.41) is 2.66. The van der Waals surface area contributed by atoms with Gasteiger partial charge in [-0.1, -0.05) is 12.1 Å². The van der Waals surface area contributed by atoms with Crippen LogP contribution in [0.4, 0.5) is 14.5 Å². The molecule has 1 aromatic carbocycles. The van der Waals surface area contributed by atoms with Crippen molar-refractivity contribution in [3.63, 3.8) is 0 Å². The first-order chi connectivity index (χ1) is 10.0. The number of hydrogen-bond donors (Lipinski definition) is 2. The zero-order valence-corrected chi connectivity index (χ0v) is 10.9. The van der Waals surface area contributed by atoms with Gasteiger partial charge in [0.2, 0.25) is 0 Å². The van der Waals surface area contributed by atoms with Crippen molar-refractivity contribution >= 4 is 11.6 Å². The number of rotatable bonds is 5. The van der Waals surface area contributed by atoms with E-state index >= 15 is 0 Å². The molecule has 1 heterocycles. The van der Waals surface area contributed by atoms with Crippen molar-refractivity contribution in [2.45, 2.75) is 13.2 Å². The molecule has 0 aliphatic heterocycles. The number of nitrogen functional groups attached to an aromatic ring is 1. The van der Waals surface area contributed by atoms with Crippen LogP contribution in [0.3, 0.4) is 0 Å². The second kappa shape index (κ2) is 6.65. The average molecular weight is 293 g/mol. The fourth-order valence-corrected chi connectivity index (χ4v) is 1.60. The van der Waals surface area contributed by atoms with Crippen LogP contribution in [0.25, 0.3) is 0 Å². The molecule has 1 amide bonds. The lowest BCUT2D eigenvalue weighted by atomic mass is 10.2. The molecule has 21 heavy (non-hydrogen) atoms. The Bertz CT molecular complexity index is 601. The molecule has 0 bridgehead atoms. The van der Waals surface area contributed by atoms with Gasteiger partial charge >= 0.3 is 6.61 Å². The highest BCUT2D eigenvalue weighted by molar-refractivity contribution is 5.92. The Hall–Kier alpha value is -2.70. The molecule has 7 heteroatoms. The van der Waals surface area contributed by atoms with Gasteiger partial charge in [0, 0.05) is 6.54 Å². The van der Waals surface area contributed by atoms with E-state index in [9.17, 15) is 13.6 Å². The summed E-state index contributed by atoms with van der Waals surface area (Å²) in [7, 11) is 0. The first kappa shape index (κ1) is 14.7. The SMILES string of the molecule is Nc1ccc(C(=O)NCc2ccc(OC(F)F)cc2)nc1. The molecule has 2 aromatic rings. The number of anilines is 1. The Kier molecular flexibility index (Phi) is 4.65. The van der Waals surface area contributed by atoms with Gasteiger partial charge in [-0.15, -0.1) is 0 Å². The molecule has 0 saturated carbocycles. The molecule has 2 rings (SSSR count). The van der Waals surface area contributed by atoms with Crippen LogP contribution in [0.15, 0.2) is 42.6 Å². The summed E-state index contributed by atoms with van der Waals surface area (Å²) in [5.74, 6) is -0.275. The number of ether oxygens (including phenoxy) is 1. The summed E-state index contributed by atoms with van der Waals surface area (Å²) in [6.45, 7) is -2.60. The molecule has 0 saturated heterocycles. The maximum Gasteiger partial charge on any atom is 0.387 e. The van der Waals surface area contributed by atoms with Crippen LogP contribution in [-0.2, 0) is 6.54 Å². The maximum absolute atomic E-state index is 12.0. The lowest BCUT2D eigenvalue weighted by Gasteiger charge is -2.07. The minimum atomic E-state index is -2.85. The second-order valence-corrected chi connectivity index (χ2v) is 4.18. The third kappa shape index (κ3) is 4.41. The van der Waals surface area contributed by atoms with Crippen LogP contribution in [0, 0.1) is 0 Å². The standard InChI is InChI=1S/C14H13F2N3O2/c15-14(16)21-11-4-1-9(2-5-11)7-19-13(20)12-6-3-10(17)8-18-12/h1-6,8,14H,7,17H2,(H,19,20). The van der Waals surface area contributed by atoms with Crippen molar-refractivity contribution in [2.75, 3.05) is 5.73 Å². The number of nitrogens with zero attached hydrogens (tertiary/aromatic N) is 1. The number of benzene rings is 1. The number of carbonyl (C=O) groups excluding carboxylic acids is 1. The monoisotopic (exact) mass is 293 g/mol. The highest BCUT2D eigenvalue weighted by atomic mass is 19.3. The van der Waals surface area contributed by atoms with Crippen molar-refractivity contribution in [3.8, 4) is 5.75 Å². The third-order valence-electron chi connectivity index (χ3n) is 2.62. The molecule has 0 aliphatic carbocycles. The fraction of sp³-hybridized carbons (Fsp3) is 0.143. The highest BCUT2D eigenvalue weighted by Crippen LogP contribution is 2.14. The summed E-state index contributed by atoms with van der Waals surface area (Å²) >= 11 is 0. The average Bonchev–Trinajstić information content (AvgIpc) is 2.46. The van der Waals surface area contributed by atoms with Crippen molar-refractivity contribution in [1.29, 1.82) is 0 Å². The molecule has 3 N–H and O–H groups in total. The summed E-state index contributed by atoms with van der Waals surface area (Å²) in [5.41, 5.74) is 6.96. The summed E-state index contributed by atoms with van der Waals surface area (Å²) in [4.78, 5) is 15.7. The molecule has 0 radical (unpaired) electrons. The number of hydrogen-bond acceptors (Lipinski definition) is 4. The number of carbonyl (C=O) groups is 1. The second-order valence-electron chi connectivity index (χ2n) is 4.18. The van der Waals surface area contributed by atoms with E-state index in [0.29, 0.717) is 5.69 Å². The topological polar surface area (TPSA) is 77.2 Å². The van der Waals surface area contributed by atoms with Gasteiger partial charge in [-0.05, 0) is 29.8 Å². The van der Waals surface area contributed by atoms with Gasteiger partial charge in [0.1, 0.15) is 11.4 Å². The minimum Gasteiger partial charge on any atom is -0.435 e. The van der Waals surface area contributed by atoms with E-state index < -0.39 is 6.61 Å². The lowest BCUT2D eigenvalue weighted by Crippen LogP contribution is -2.23. The number of amides is 1. The van der Waals surface area contributed by atoms with Crippen LogP contribution in [0.2, 0.25) is 0 Å². The molecule has 0 atom stereocenters. The largest absolute Gasteiger partial charge is 0.435 e. The summed E-state index contributed by atoms with van der Waals surface area (Å²) in [6, 6.07) is 9.11. The van der Waals surface area contributed by atoms with Crippen LogP contribution in [0.1, 0.15) is 16.1 Å². The molecule has 0 spiro atoms. The smallest absolute Gasteiger partial charge is 0.387 e. The van der Waals surface area contributed by atoms with Gasteiger partial charge in [0.05, 0.1) is 11.9 Å². The number of nitrogens with one attached hydrogen (secondary N) is 1. The molecular formula is C14H13F2N3O2. The van der Waals surface area contributed by atoms with E-state index in [1.54, 1.807) is 18.2 Å². The van der Waals surface area contributed by atoms with E-state index in [0.717, 1.165) is 5.56 Å². The molecule has 1 aromatic heterocycles. The Balaban J connectivity index is 1.90. The molecule has 110 valence electrons. The zero-order valence-electron chi connectivity index (χ0n) is 10.9. The van der Waals surface area contributed by atoms with Gasteiger partial charge in [0.15, 0.2) is 0 Å². The van der Waals surface area contributed by atoms with Crippen molar-refractivity contribution in [2.24, 2.45) is 0 Å². The van der Waals surface area contributed by atoms with Crippen LogP contribution in [0.5, 0.6) is 5.75 Å². The number of nitrogens with two attached hydrogens (primary N) is 1. The Morgan fingerprint density at radius 2 is 1.95 bits per heavy atom. The Morgan fingerprint density at radius 3 is 2.52 bits per heavy atom. The van der Waals surface area contributed by atoms with Crippen molar-refractivity contribution in [1.82, 2.24) is 10.3 Å². The normalized spacial score (nSPS) is 10.4. The summed E-state index contributed by atoms with van der Waals surface area (Å²) < 4.78 is 28.2. The first-order valence-electron chi connectivity index (χ1n) is 6.08. The third-order valence-corrected chi connectivity index (χ3v) is 2.62. The number of pyridine rings is 1. The summed E-state index contributed by atoms with van der Waals surface area (Å²) in [6.07, 6.45) is 1.39. The highest BCUT2D eigenvalue weighted by Gasteiger charge is 2.07.